The Balaban J connectivity index is 1.49. The van der Waals surface area contributed by atoms with Gasteiger partial charge in [0.25, 0.3) is 0 Å². The van der Waals surface area contributed by atoms with Crippen LogP contribution in [0.15, 0.2) is 0 Å². The number of fused-ring (bicyclic) bond motifs is 2. The molecular weight excluding hydrogens is 184 g/mol. The van der Waals surface area contributed by atoms with Crippen molar-refractivity contribution < 1.29 is 0 Å². The van der Waals surface area contributed by atoms with E-state index in [1.54, 1.807) is 0 Å². The van der Waals surface area contributed by atoms with Crippen LogP contribution in [0.5, 0.6) is 0 Å². The SMILES string of the molecule is NC1CCC(NC2CC3CCC2C3)CC1. The molecule has 3 fully saturated rings. The molecule has 0 aliphatic heterocycles. The van der Waals surface area contributed by atoms with Gasteiger partial charge in [-0.3, -0.25) is 0 Å². The molecule has 0 spiro atoms. The third-order valence-corrected chi connectivity index (χ3v) is 4.96. The zero-order valence-electron chi connectivity index (χ0n) is 9.62. The van der Waals surface area contributed by atoms with Crippen LogP contribution in [0.1, 0.15) is 51.4 Å². The monoisotopic (exact) mass is 208 g/mol. The average molecular weight is 208 g/mol. The summed E-state index contributed by atoms with van der Waals surface area (Å²) < 4.78 is 0. The first kappa shape index (κ1) is 10.1. The van der Waals surface area contributed by atoms with Gasteiger partial charge in [-0.2, -0.15) is 0 Å². The molecule has 0 amide bonds. The van der Waals surface area contributed by atoms with Crippen LogP contribution in [-0.4, -0.2) is 18.1 Å². The van der Waals surface area contributed by atoms with Crippen LogP contribution in [0.4, 0.5) is 0 Å². The molecule has 0 aromatic rings. The van der Waals surface area contributed by atoms with E-state index < -0.39 is 0 Å². The lowest BCUT2D eigenvalue weighted by molar-refractivity contribution is 0.267. The Morgan fingerprint density at radius 1 is 0.867 bits per heavy atom. The predicted octanol–water partition coefficient (Wildman–Crippen LogP) is 2.03. The van der Waals surface area contributed by atoms with E-state index in [9.17, 15) is 0 Å². The fraction of sp³-hybridized carbons (Fsp3) is 1.00. The lowest BCUT2D eigenvalue weighted by atomic mass is 9.89. The van der Waals surface area contributed by atoms with Crippen LogP contribution in [0.3, 0.4) is 0 Å². The van der Waals surface area contributed by atoms with Gasteiger partial charge in [0.15, 0.2) is 0 Å². The molecule has 0 radical (unpaired) electrons. The molecule has 3 unspecified atom stereocenters. The molecule has 0 heterocycles. The number of hydrogen-bond donors (Lipinski definition) is 2. The first-order valence-corrected chi connectivity index (χ1v) is 6.83. The molecule has 2 nitrogen and oxygen atoms in total. The van der Waals surface area contributed by atoms with Crippen LogP contribution in [0.2, 0.25) is 0 Å². The molecule has 0 aromatic carbocycles. The molecule has 3 aliphatic rings. The van der Waals surface area contributed by atoms with Crippen molar-refractivity contribution in [2.75, 3.05) is 0 Å². The average Bonchev–Trinajstić information content (AvgIpc) is 2.83. The van der Waals surface area contributed by atoms with Crippen molar-refractivity contribution in [1.82, 2.24) is 5.32 Å². The van der Waals surface area contributed by atoms with Crippen molar-refractivity contribution in [2.45, 2.75) is 69.5 Å². The summed E-state index contributed by atoms with van der Waals surface area (Å²) in [5.41, 5.74) is 5.94. The Labute approximate surface area is 93.0 Å². The van der Waals surface area contributed by atoms with Crippen molar-refractivity contribution in [3.05, 3.63) is 0 Å². The Morgan fingerprint density at radius 3 is 2.27 bits per heavy atom. The Kier molecular flexibility index (Phi) is 2.73. The summed E-state index contributed by atoms with van der Waals surface area (Å²) in [6.45, 7) is 0. The molecule has 3 aliphatic carbocycles. The van der Waals surface area contributed by atoms with E-state index in [1.807, 2.05) is 0 Å². The molecule has 86 valence electrons. The van der Waals surface area contributed by atoms with Gasteiger partial charge in [-0.1, -0.05) is 6.42 Å². The molecule has 3 N–H and O–H groups in total. The zero-order chi connectivity index (χ0) is 10.3. The number of rotatable bonds is 2. The minimum absolute atomic E-state index is 0.489. The van der Waals surface area contributed by atoms with E-state index in [1.165, 1.54) is 51.4 Å². The number of nitrogens with two attached hydrogens (primary N) is 1. The van der Waals surface area contributed by atoms with Gasteiger partial charge >= 0.3 is 0 Å². The molecule has 3 rings (SSSR count). The second-order valence-electron chi connectivity index (χ2n) is 6.06. The Hall–Kier alpha value is -0.0800. The number of hydrogen-bond acceptors (Lipinski definition) is 2. The van der Waals surface area contributed by atoms with E-state index >= 15 is 0 Å². The summed E-state index contributed by atoms with van der Waals surface area (Å²) in [5, 5.41) is 3.91. The fourth-order valence-corrected chi connectivity index (χ4v) is 4.04. The van der Waals surface area contributed by atoms with Gasteiger partial charge in [-0.15, -0.1) is 0 Å². The fourth-order valence-electron chi connectivity index (χ4n) is 4.04. The molecule has 0 aromatic heterocycles. The van der Waals surface area contributed by atoms with E-state index in [0.29, 0.717) is 6.04 Å². The first-order valence-electron chi connectivity index (χ1n) is 6.83. The summed E-state index contributed by atoms with van der Waals surface area (Å²) in [5.74, 6) is 2.09. The van der Waals surface area contributed by atoms with E-state index in [0.717, 1.165) is 23.9 Å². The quantitative estimate of drug-likeness (QED) is 0.729. The highest BCUT2D eigenvalue weighted by Crippen LogP contribution is 2.44. The lowest BCUT2D eigenvalue weighted by Crippen LogP contribution is -2.44. The van der Waals surface area contributed by atoms with Crippen molar-refractivity contribution in [2.24, 2.45) is 17.6 Å². The summed E-state index contributed by atoms with van der Waals surface area (Å²) in [7, 11) is 0. The third-order valence-electron chi connectivity index (χ3n) is 4.96. The first-order chi connectivity index (χ1) is 7.31. The van der Waals surface area contributed by atoms with Crippen molar-refractivity contribution >= 4 is 0 Å². The molecule has 15 heavy (non-hydrogen) atoms. The molecule has 0 saturated heterocycles. The highest BCUT2D eigenvalue weighted by atomic mass is 15.0. The zero-order valence-corrected chi connectivity index (χ0v) is 9.62. The molecule has 3 atom stereocenters. The topological polar surface area (TPSA) is 38.0 Å². The summed E-state index contributed by atoms with van der Waals surface area (Å²) in [6.07, 6.45) is 11.1. The Bertz CT molecular complexity index is 221. The highest BCUT2D eigenvalue weighted by Gasteiger charge is 2.40. The largest absolute Gasteiger partial charge is 0.328 e. The standard InChI is InChI=1S/C13H24N2/c14-11-3-5-12(6-4-11)15-13-8-9-1-2-10(13)7-9/h9-13,15H,1-8,14H2. The Morgan fingerprint density at radius 2 is 1.67 bits per heavy atom. The van der Waals surface area contributed by atoms with Crippen molar-refractivity contribution in [3.8, 4) is 0 Å². The minimum atomic E-state index is 0.489. The third kappa shape index (κ3) is 2.07. The van der Waals surface area contributed by atoms with E-state index in [4.69, 9.17) is 5.73 Å². The van der Waals surface area contributed by atoms with Crippen LogP contribution < -0.4 is 11.1 Å². The van der Waals surface area contributed by atoms with Gasteiger partial charge in [-0.25, -0.2) is 0 Å². The van der Waals surface area contributed by atoms with Crippen LogP contribution in [0, 0.1) is 11.8 Å². The van der Waals surface area contributed by atoms with Crippen LogP contribution in [-0.2, 0) is 0 Å². The van der Waals surface area contributed by atoms with Gasteiger partial charge in [0.05, 0.1) is 0 Å². The van der Waals surface area contributed by atoms with Gasteiger partial charge in [0.1, 0.15) is 0 Å². The maximum Gasteiger partial charge on any atom is 0.0101 e. The molecule has 3 saturated carbocycles. The minimum Gasteiger partial charge on any atom is -0.328 e. The summed E-state index contributed by atoms with van der Waals surface area (Å²) in [4.78, 5) is 0. The van der Waals surface area contributed by atoms with Crippen LogP contribution >= 0.6 is 0 Å². The highest BCUT2D eigenvalue weighted by molar-refractivity contribution is 4.96. The van der Waals surface area contributed by atoms with Crippen LogP contribution in [0.25, 0.3) is 0 Å². The maximum absolute atomic E-state index is 5.94. The lowest BCUT2D eigenvalue weighted by Gasteiger charge is -2.32. The molecule has 2 heteroatoms. The van der Waals surface area contributed by atoms with Crippen molar-refractivity contribution in [3.63, 3.8) is 0 Å². The van der Waals surface area contributed by atoms with E-state index in [2.05, 4.69) is 5.32 Å². The van der Waals surface area contributed by atoms with Gasteiger partial charge in [0.2, 0.25) is 0 Å². The van der Waals surface area contributed by atoms with Gasteiger partial charge in [0, 0.05) is 18.1 Å². The van der Waals surface area contributed by atoms with Gasteiger partial charge in [-0.05, 0) is 56.8 Å². The number of nitrogens with one attached hydrogen (secondary N) is 1. The molecular formula is C13H24N2. The normalized spacial score (nSPS) is 49.8. The van der Waals surface area contributed by atoms with Crippen molar-refractivity contribution in [1.29, 1.82) is 0 Å². The second kappa shape index (κ2) is 4.06. The predicted molar refractivity (Wildman–Crippen MR) is 62.6 cm³/mol. The maximum atomic E-state index is 5.94. The summed E-state index contributed by atoms with van der Waals surface area (Å²) >= 11 is 0. The van der Waals surface area contributed by atoms with E-state index in [-0.39, 0.29) is 0 Å². The van der Waals surface area contributed by atoms with Gasteiger partial charge < -0.3 is 11.1 Å². The summed E-state index contributed by atoms with van der Waals surface area (Å²) in [6, 6.07) is 2.14. The molecule has 2 bridgehead atoms. The smallest absolute Gasteiger partial charge is 0.0101 e. The second-order valence-corrected chi connectivity index (χ2v) is 6.06.